The van der Waals surface area contributed by atoms with Crippen LogP contribution in [0.1, 0.15) is 43.4 Å². The number of rotatable bonds is 4. The van der Waals surface area contributed by atoms with Crippen LogP contribution in [-0.2, 0) is 9.59 Å². The van der Waals surface area contributed by atoms with Crippen molar-refractivity contribution in [2.45, 2.75) is 44.1 Å². The maximum atomic E-state index is 12.1. The van der Waals surface area contributed by atoms with Crippen molar-refractivity contribution in [3.05, 3.63) is 22.4 Å². The third-order valence-corrected chi connectivity index (χ3v) is 4.65. The van der Waals surface area contributed by atoms with Crippen LogP contribution in [0, 0.1) is 0 Å². The van der Waals surface area contributed by atoms with E-state index in [1.807, 2.05) is 24.4 Å². The van der Waals surface area contributed by atoms with Crippen LogP contribution in [0.2, 0.25) is 0 Å². The highest BCUT2D eigenvalue weighted by Crippen LogP contribution is 2.31. The SMILES string of the molecule is C[C@@H](C(=O)NC1(C(=O)O)CCCC1)c1cccs1. The van der Waals surface area contributed by atoms with E-state index in [9.17, 15) is 14.7 Å². The molecule has 2 N–H and O–H groups in total. The van der Waals surface area contributed by atoms with Crippen LogP contribution in [-0.4, -0.2) is 22.5 Å². The fraction of sp³-hybridized carbons (Fsp3) is 0.538. The van der Waals surface area contributed by atoms with E-state index in [0.717, 1.165) is 17.7 Å². The minimum absolute atomic E-state index is 0.193. The topological polar surface area (TPSA) is 66.4 Å². The Morgan fingerprint density at radius 3 is 2.61 bits per heavy atom. The lowest BCUT2D eigenvalue weighted by Gasteiger charge is -2.26. The van der Waals surface area contributed by atoms with E-state index in [1.54, 1.807) is 0 Å². The Bertz CT molecular complexity index is 435. The Morgan fingerprint density at radius 2 is 2.11 bits per heavy atom. The van der Waals surface area contributed by atoms with Gasteiger partial charge in [-0.15, -0.1) is 11.3 Å². The van der Waals surface area contributed by atoms with E-state index in [1.165, 1.54) is 11.3 Å². The van der Waals surface area contributed by atoms with Gasteiger partial charge in [-0.1, -0.05) is 18.9 Å². The van der Waals surface area contributed by atoms with Crippen molar-refractivity contribution >= 4 is 23.2 Å². The zero-order valence-corrected chi connectivity index (χ0v) is 11.1. The summed E-state index contributed by atoms with van der Waals surface area (Å²) in [6.07, 6.45) is 2.79. The Kier molecular flexibility index (Phi) is 3.71. The van der Waals surface area contributed by atoms with E-state index in [-0.39, 0.29) is 11.8 Å². The highest BCUT2D eigenvalue weighted by molar-refractivity contribution is 7.10. The van der Waals surface area contributed by atoms with Gasteiger partial charge < -0.3 is 10.4 Å². The van der Waals surface area contributed by atoms with Gasteiger partial charge in [0.2, 0.25) is 5.91 Å². The van der Waals surface area contributed by atoms with Gasteiger partial charge in [0.05, 0.1) is 5.92 Å². The van der Waals surface area contributed by atoms with Gasteiger partial charge in [-0.05, 0) is 31.2 Å². The minimum atomic E-state index is -1.04. The Balaban J connectivity index is 2.08. The van der Waals surface area contributed by atoms with E-state index in [4.69, 9.17) is 0 Å². The molecule has 1 aliphatic carbocycles. The molecule has 2 rings (SSSR count). The molecule has 0 aromatic carbocycles. The first kappa shape index (κ1) is 13.1. The monoisotopic (exact) mass is 267 g/mol. The number of carboxylic acids is 1. The summed E-state index contributed by atoms with van der Waals surface area (Å²) in [5.41, 5.74) is -1.04. The summed E-state index contributed by atoms with van der Waals surface area (Å²) in [5.74, 6) is -1.39. The number of hydrogen-bond acceptors (Lipinski definition) is 3. The Morgan fingerprint density at radius 1 is 1.44 bits per heavy atom. The van der Waals surface area contributed by atoms with Gasteiger partial charge in [-0.2, -0.15) is 0 Å². The summed E-state index contributed by atoms with van der Waals surface area (Å²) in [6, 6.07) is 3.79. The van der Waals surface area contributed by atoms with E-state index < -0.39 is 11.5 Å². The predicted molar refractivity (Wildman–Crippen MR) is 69.7 cm³/mol. The van der Waals surface area contributed by atoms with Gasteiger partial charge >= 0.3 is 5.97 Å². The lowest BCUT2D eigenvalue weighted by atomic mass is 9.96. The van der Waals surface area contributed by atoms with Gasteiger partial charge in [0.15, 0.2) is 0 Å². The molecular weight excluding hydrogens is 250 g/mol. The summed E-state index contributed by atoms with van der Waals surface area (Å²) in [4.78, 5) is 24.5. The molecule has 1 fully saturated rings. The van der Waals surface area contributed by atoms with Crippen molar-refractivity contribution < 1.29 is 14.7 Å². The summed E-state index contributed by atoms with van der Waals surface area (Å²) >= 11 is 1.52. The summed E-state index contributed by atoms with van der Waals surface area (Å²) < 4.78 is 0. The van der Waals surface area contributed by atoms with Gasteiger partial charge in [-0.25, -0.2) is 4.79 Å². The van der Waals surface area contributed by atoms with Crippen LogP contribution in [0.25, 0.3) is 0 Å². The van der Waals surface area contributed by atoms with Crippen molar-refractivity contribution in [1.82, 2.24) is 5.32 Å². The van der Waals surface area contributed by atoms with Crippen LogP contribution >= 0.6 is 11.3 Å². The molecule has 0 saturated heterocycles. The molecule has 1 heterocycles. The van der Waals surface area contributed by atoms with Crippen LogP contribution in [0.5, 0.6) is 0 Å². The molecular formula is C13H17NO3S. The number of hydrogen-bond donors (Lipinski definition) is 2. The highest BCUT2D eigenvalue weighted by Gasteiger charge is 2.43. The number of nitrogens with one attached hydrogen (secondary N) is 1. The van der Waals surface area contributed by atoms with Crippen molar-refractivity contribution in [3.63, 3.8) is 0 Å². The number of carboxylic acid groups (broad SMARTS) is 1. The third kappa shape index (κ3) is 2.41. The van der Waals surface area contributed by atoms with Crippen LogP contribution < -0.4 is 5.32 Å². The van der Waals surface area contributed by atoms with Crippen molar-refractivity contribution in [2.24, 2.45) is 0 Å². The molecule has 4 nitrogen and oxygen atoms in total. The molecule has 1 aliphatic rings. The van der Waals surface area contributed by atoms with Gasteiger partial charge in [0, 0.05) is 4.88 Å². The van der Waals surface area contributed by atoms with Gasteiger partial charge in [-0.3, -0.25) is 4.79 Å². The second-order valence-corrected chi connectivity index (χ2v) is 5.80. The first-order valence-corrected chi connectivity index (χ1v) is 7.02. The number of carbonyl (C=O) groups is 2. The largest absolute Gasteiger partial charge is 0.480 e. The zero-order chi connectivity index (χ0) is 13.2. The Hall–Kier alpha value is -1.36. The number of aliphatic carboxylic acids is 1. The standard InChI is InChI=1S/C13H17NO3S/c1-9(10-5-4-8-18-10)11(15)14-13(12(16)17)6-2-3-7-13/h4-5,8-9H,2-3,6-7H2,1H3,(H,14,15)(H,16,17)/t9-/m1/s1. The van der Waals surface area contributed by atoms with Crippen molar-refractivity contribution in [1.29, 1.82) is 0 Å². The molecule has 1 atom stereocenters. The molecule has 1 saturated carbocycles. The van der Waals surface area contributed by atoms with Crippen LogP contribution in [0.3, 0.4) is 0 Å². The van der Waals surface area contributed by atoms with Gasteiger partial charge in [0.25, 0.3) is 0 Å². The van der Waals surface area contributed by atoms with Crippen molar-refractivity contribution in [3.8, 4) is 0 Å². The fourth-order valence-corrected chi connectivity index (χ4v) is 3.16. The molecule has 0 aliphatic heterocycles. The van der Waals surface area contributed by atoms with Crippen LogP contribution in [0.15, 0.2) is 17.5 Å². The molecule has 98 valence electrons. The maximum Gasteiger partial charge on any atom is 0.329 e. The molecule has 1 aromatic rings. The minimum Gasteiger partial charge on any atom is -0.480 e. The average Bonchev–Trinajstić information content (AvgIpc) is 2.99. The molecule has 0 unspecified atom stereocenters. The molecule has 0 spiro atoms. The molecule has 5 heteroatoms. The van der Waals surface area contributed by atoms with Crippen LogP contribution in [0.4, 0.5) is 0 Å². The highest BCUT2D eigenvalue weighted by atomic mass is 32.1. The first-order chi connectivity index (χ1) is 8.55. The quantitative estimate of drug-likeness (QED) is 0.880. The van der Waals surface area contributed by atoms with Gasteiger partial charge in [0.1, 0.15) is 5.54 Å². The Labute approximate surface area is 110 Å². The van der Waals surface area contributed by atoms with E-state index in [0.29, 0.717) is 12.8 Å². The molecule has 1 aromatic heterocycles. The second-order valence-electron chi connectivity index (χ2n) is 4.82. The molecule has 1 amide bonds. The number of amides is 1. The summed E-state index contributed by atoms with van der Waals surface area (Å²) in [5, 5.41) is 14.0. The van der Waals surface area contributed by atoms with E-state index >= 15 is 0 Å². The molecule has 18 heavy (non-hydrogen) atoms. The normalized spacial score (nSPS) is 19.4. The average molecular weight is 267 g/mol. The zero-order valence-electron chi connectivity index (χ0n) is 10.3. The lowest BCUT2D eigenvalue weighted by Crippen LogP contribution is -2.53. The smallest absolute Gasteiger partial charge is 0.329 e. The third-order valence-electron chi connectivity index (χ3n) is 3.59. The molecule has 0 bridgehead atoms. The molecule has 0 radical (unpaired) electrons. The predicted octanol–water partition coefficient (Wildman–Crippen LogP) is 2.37. The fourth-order valence-electron chi connectivity index (χ4n) is 2.38. The second kappa shape index (κ2) is 5.10. The van der Waals surface area contributed by atoms with E-state index in [2.05, 4.69) is 5.32 Å². The van der Waals surface area contributed by atoms with Crippen molar-refractivity contribution in [2.75, 3.05) is 0 Å². The number of carbonyl (C=O) groups excluding carboxylic acids is 1. The maximum absolute atomic E-state index is 12.1. The number of thiophene rings is 1. The summed E-state index contributed by atoms with van der Waals surface area (Å²) in [6.45, 7) is 1.81. The lowest BCUT2D eigenvalue weighted by molar-refractivity contribution is -0.147. The summed E-state index contributed by atoms with van der Waals surface area (Å²) in [7, 11) is 0. The first-order valence-electron chi connectivity index (χ1n) is 6.14.